The van der Waals surface area contributed by atoms with Crippen LogP contribution in [0, 0.1) is 23.7 Å². The van der Waals surface area contributed by atoms with Gasteiger partial charge in [0.2, 0.25) is 0 Å². The lowest BCUT2D eigenvalue weighted by atomic mass is 9.81. The zero-order valence-corrected chi connectivity index (χ0v) is 18.3. The molecule has 4 unspecified atom stereocenters. The molecular formula is C23H35N3Si. The molecule has 0 aromatic heterocycles. The van der Waals surface area contributed by atoms with E-state index in [0.29, 0.717) is 11.8 Å². The van der Waals surface area contributed by atoms with E-state index < -0.39 is 8.24 Å². The van der Waals surface area contributed by atoms with Crippen LogP contribution in [0.2, 0.25) is 18.6 Å². The van der Waals surface area contributed by atoms with Crippen molar-refractivity contribution in [1.82, 2.24) is 15.2 Å². The molecule has 2 aliphatic carbocycles. The number of fused-ring (bicyclic) bond motifs is 1. The Bertz CT molecular complexity index is 704. The van der Waals surface area contributed by atoms with Crippen molar-refractivity contribution in [3.05, 3.63) is 54.1 Å². The summed E-state index contributed by atoms with van der Waals surface area (Å²) >= 11 is 0. The topological polar surface area (TPSA) is 27.3 Å². The summed E-state index contributed by atoms with van der Waals surface area (Å²) < 4.78 is 2.74. The standard InChI is InChI=1S/C23H35N3Si/c1-17(2)21-13-22-19(18-9-6-5-7-10-18)11-8-12-20(22)23(21)27(3,4)26-15-24-14-25-16-26/h5-12,17,20-25H,13-16H2,1-4H3. The van der Waals surface area contributed by atoms with Gasteiger partial charge in [-0.3, -0.25) is 15.2 Å². The van der Waals surface area contributed by atoms with Crippen LogP contribution < -0.4 is 10.6 Å². The van der Waals surface area contributed by atoms with Gasteiger partial charge in [0.05, 0.1) is 0 Å². The Kier molecular flexibility index (Phi) is 5.43. The number of hydrogen-bond acceptors (Lipinski definition) is 3. The van der Waals surface area contributed by atoms with Crippen molar-refractivity contribution in [2.24, 2.45) is 23.7 Å². The van der Waals surface area contributed by atoms with Gasteiger partial charge >= 0.3 is 0 Å². The van der Waals surface area contributed by atoms with Crippen molar-refractivity contribution in [1.29, 1.82) is 0 Å². The lowest BCUT2D eigenvalue weighted by molar-refractivity contribution is 0.272. The van der Waals surface area contributed by atoms with Crippen molar-refractivity contribution in [3.63, 3.8) is 0 Å². The number of hydrogen-bond donors (Lipinski definition) is 2. The number of nitrogens with one attached hydrogen (secondary N) is 2. The van der Waals surface area contributed by atoms with Crippen molar-refractivity contribution in [2.75, 3.05) is 20.0 Å². The zero-order chi connectivity index (χ0) is 19.0. The smallest absolute Gasteiger partial charge is 0.129 e. The number of nitrogens with zero attached hydrogens (tertiary/aromatic N) is 1. The molecule has 1 saturated carbocycles. The molecule has 1 saturated heterocycles. The predicted molar refractivity (Wildman–Crippen MR) is 117 cm³/mol. The van der Waals surface area contributed by atoms with Gasteiger partial charge in [0.25, 0.3) is 0 Å². The average molecular weight is 382 g/mol. The fourth-order valence-corrected chi connectivity index (χ4v) is 10.2. The highest BCUT2D eigenvalue weighted by atomic mass is 28.3. The molecule has 1 aromatic carbocycles. The predicted octanol–water partition coefficient (Wildman–Crippen LogP) is 4.49. The van der Waals surface area contributed by atoms with Gasteiger partial charge in [-0.05, 0) is 46.8 Å². The van der Waals surface area contributed by atoms with E-state index in [1.54, 1.807) is 5.57 Å². The fraction of sp³-hybridized carbons (Fsp3) is 0.565. The molecule has 1 heterocycles. The maximum atomic E-state index is 3.54. The maximum Gasteiger partial charge on any atom is 0.129 e. The Hall–Kier alpha value is -1.20. The number of rotatable bonds is 4. The quantitative estimate of drug-likeness (QED) is 0.753. The summed E-state index contributed by atoms with van der Waals surface area (Å²) in [5.41, 5.74) is 3.78. The molecule has 3 nitrogen and oxygen atoms in total. The molecule has 27 heavy (non-hydrogen) atoms. The summed E-state index contributed by atoms with van der Waals surface area (Å²) in [4.78, 5) is 0. The highest BCUT2D eigenvalue weighted by Crippen LogP contribution is 2.58. The van der Waals surface area contributed by atoms with Crippen LogP contribution in [0.1, 0.15) is 25.8 Å². The average Bonchev–Trinajstić information content (AvgIpc) is 3.10. The lowest BCUT2D eigenvalue weighted by Gasteiger charge is -2.48. The van der Waals surface area contributed by atoms with E-state index in [2.05, 4.69) is 90.7 Å². The van der Waals surface area contributed by atoms with Crippen molar-refractivity contribution < 1.29 is 0 Å². The van der Waals surface area contributed by atoms with Gasteiger partial charge in [-0.1, -0.05) is 75.5 Å². The zero-order valence-electron chi connectivity index (χ0n) is 17.3. The normalized spacial score (nSPS) is 31.8. The molecule has 3 aliphatic rings. The molecule has 0 bridgehead atoms. The molecular weight excluding hydrogens is 346 g/mol. The second-order valence-electron chi connectivity index (χ2n) is 9.41. The summed E-state index contributed by atoms with van der Waals surface area (Å²) in [6.45, 7) is 13.1. The Labute approximate surface area is 166 Å². The van der Waals surface area contributed by atoms with E-state index in [4.69, 9.17) is 0 Å². The van der Waals surface area contributed by atoms with Crippen LogP contribution in [0.15, 0.2) is 48.6 Å². The van der Waals surface area contributed by atoms with Gasteiger partial charge in [-0.25, -0.2) is 0 Å². The molecule has 2 N–H and O–H groups in total. The maximum absolute atomic E-state index is 3.54. The monoisotopic (exact) mass is 381 g/mol. The van der Waals surface area contributed by atoms with Crippen molar-refractivity contribution >= 4 is 13.8 Å². The van der Waals surface area contributed by atoms with Crippen molar-refractivity contribution in [2.45, 2.75) is 38.9 Å². The van der Waals surface area contributed by atoms with Gasteiger partial charge in [-0.15, -0.1) is 0 Å². The SMILES string of the molecule is CC(C)C1CC2C(c3ccccc3)=CC=CC2C1[Si](C)(C)N1CNCNC1. The molecule has 4 atom stereocenters. The summed E-state index contributed by atoms with van der Waals surface area (Å²) in [6.07, 6.45) is 8.61. The molecule has 4 rings (SSSR count). The lowest BCUT2D eigenvalue weighted by Crippen LogP contribution is -2.63. The Morgan fingerprint density at radius 2 is 1.78 bits per heavy atom. The van der Waals surface area contributed by atoms with Crippen LogP contribution >= 0.6 is 0 Å². The minimum absolute atomic E-state index is 0.673. The van der Waals surface area contributed by atoms with Crippen LogP contribution in [-0.4, -0.2) is 32.8 Å². The van der Waals surface area contributed by atoms with Crippen molar-refractivity contribution in [3.8, 4) is 0 Å². The minimum atomic E-state index is -1.60. The highest BCUT2D eigenvalue weighted by molar-refractivity contribution is 6.76. The summed E-state index contributed by atoms with van der Waals surface area (Å²) in [5, 5.41) is 7.07. The van der Waals surface area contributed by atoms with Gasteiger partial charge in [-0.2, -0.15) is 0 Å². The molecule has 4 heteroatoms. The largest absolute Gasteiger partial charge is 0.299 e. The van der Waals surface area contributed by atoms with E-state index in [1.165, 1.54) is 12.0 Å². The van der Waals surface area contributed by atoms with E-state index in [-0.39, 0.29) is 0 Å². The molecule has 1 aliphatic heterocycles. The van der Waals surface area contributed by atoms with Crippen LogP contribution in [0.4, 0.5) is 0 Å². The molecule has 2 fully saturated rings. The number of benzene rings is 1. The second kappa shape index (κ2) is 7.67. The molecule has 1 aromatic rings. The Morgan fingerprint density at radius 1 is 1.07 bits per heavy atom. The van der Waals surface area contributed by atoms with E-state index in [0.717, 1.165) is 37.4 Å². The van der Waals surface area contributed by atoms with E-state index >= 15 is 0 Å². The highest BCUT2D eigenvalue weighted by Gasteiger charge is 2.54. The third-order valence-corrected chi connectivity index (χ3v) is 11.7. The van der Waals surface area contributed by atoms with Gasteiger partial charge in [0, 0.05) is 20.0 Å². The van der Waals surface area contributed by atoms with Crippen LogP contribution in [0.25, 0.3) is 5.57 Å². The van der Waals surface area contributed by atoms with Gasteiger partial charge < -0.3 is 0 Å². The Morgan fingerprint density at radius 3 is 2.44 bits per heavy atom. The van der Waals surface area contributed by atoms with E-state index in [1.807, 2.05) is 0 Å². The molecule has 146 valence electrons. The fourth-order valence-electron chi connectivity index (χ4n) is 5.90. The minimum Gasteiger partial charge on any atom is -0.299 e. The molecule has 0 radical (unpaired) electrons. The third kappa shape index (κ3) is 3.49. The Balaban J connectivity index is 1.68. The van der Waals surface area contributed by atoms with E-state index in [9.17, 15) is 0 Å². The first kappa shape index (κ1) is 19.1. The van der Waals surface area contributed by atoms with Crippen LogP contribution in [0.5, 0.6) is 0 Å². The second-order valence-corrected chi connectivity index (χ2v) is 14.0. The first-order chi connectivity index (χ1) is 13.0. The van der Waals surface area contributed by atoms with Gasteiger partial charge in [0.15, 0.2) is 0 Å². The third-order valence-electron chi connectivity index (χ3n) is 7.32. The number of allylic oxidation sites excluding steroid dienone is 4. The summed E-state index contributed by atoms with van der Waals surface area (Å²) in [7, 11) is -1.60. The van der Waals surface area contributed by atoms with Gasteiger partial charge in [0.1, 0.15) is 8.24 Å². The summed E-state index contributed by atoms with van der Waals surface area (Å²) in [5.74, 6) is 2.90. The first-order valence-corrected chi connectivity index (χ1v) is 13.6. The van der Waals surface area contributed by atoms with Crippen LogP contribution in [0.3, 0.4) is 0 Å². The summed E-state index contributed by atoms with van der Waals surface area (Å²) in [6, 6.07) is 11.1. The molecule has 0 amide bonds. The molecule has 0 spiro atoms. The first-order valence-electron chi connectivity index (χ1n) is 10.6. The van der Waals surface area contributed by atoms with Crippen LogP contribution in [-0.2, 0) is 0 Å².